The van der Waals surface area contributed by atoms with Gasteiger partial charge in [-0.05, 0) is 57.0 Å². The maximum Gasteiger partial charge on any atom is 0.244 e. The standard InChI is InChI=1S/C18H26ClN3O3S/c19-16-8-7-15(20-18(23)14-21-9-3-1-4-10-21)13-17(16)26(24,25)22-11-5-2-6-12-22/h7-8,13H,1-6,9-12,14H2,(H,20,23). The van der Waals surface area contributed by atoms with Crippen molar-refractivity contribution >= 4 is 33.2 Å². The van der Waals surface area contributed by atoms with Gasteiger partial charge in [-0.25, -0.2) is 8.42 Å². The van der Waals surface area contributed by atoms with Crippen LogP contribution in [0.3, 0.4) is 0 Å². The molecule has 1 amide bonds. The van der Waals surface area contributed by atoms with Crippen molar-refractivity contribution in [3.8, 4) is 0 Å². The maximum absolute atomic E-state index is 12.9. The highest BCUT2D eigenvalue weighted by atomic mass is 35.5. The van der Waals surface area contributed by atoms with Crippen molar-refractivity contribution in [3.05, 3.63) is 23.2 Å². The van der Waals surface area contributed by atoms with E-state index in [4.69, 9.17) is 11.6 Å². The summed E-state index contributed by atoms with van der Waals surface area (Å²) < 4.78 is 27.3. The summed E-state index contributed by atoms with van der Waals surface area (Å²) in [6.07, 6.45) is 6.23. The minimum absolute atomic E-state index is 0.0665. The maximum atomic E-state index is 12.9. The number of hydrogen-bond donors (Lipinski definition) is 1. The zero-order chi connectivity index (χ0) is 18.6. The average Bonchev–Trinajstić information content (AvgIpc) is 2.64. The average molecular weight is 400 g/mol. The fourth-order valence-corrected chi connectivity index (χ4v) is 5.56. The normalized spacial score (nSPS) is 20.0. The Morgan fingerprint density at radius 1 is 1.00 bits per heavy atom. The number of halogens is 1. The second-order valence-corrected chi connectivity index (χ2v) is 9.31. The van der Waals surface area contributed by atoms with Gasteiger partial charge in [0.15, 0.2) is 0 Å². The summed E-state index contributed by atoms with van der Waals surface area (Å²) in [5, 5.41) is 2.99. The molecule has 144 valence electrons. The van der Waals surface area contributed by atoms with Gasteiger partial charge >= 0.3 is 0 Å². The van der Waals surface area contributed by atoms with E-state index in [9.17, 15) is 13.2 Å². The number of nitrogens with one attached hydrogen (secondary N) is 1. The molecule has 2 fully saturated rings. The van der Waals surface area contributed by atoms with Gasteiger partial charge in [0.25, 0.3) is 0 Å². The molecule has 0 aromatic heterocycles. The molecule has 1 N–H and O–H groups in total. The summed E-state index contributed by atoms with van der Waals surface area (Å²) in [7, 11) is -3.64. The smallest absolute Gasteiger partial charge is 0.244 e. The zero-order valence-corrected chi connectivity index (χ0v) is 16.5. The molecule has 26 heavy (non-hydrogen) atoms. The Kier molecular flexibility index (Phi) is 6.55. The quantitative estimate of drug-likeness (QED) is 0.826. The molecular weight excluding hydrogens is 374 g/mol. The van der Waals surface area contributed by atoms with Crippen LogP contribution in [0.2, 0.25) is 5.02 Å². The van der Waals surface area contributed by atoms with Crippen LogP contribution in [0.5, 0.6) is 0 Å². The number of piperidine rings is 2. The van der Waals surface area contributed by atoms with Crippen LogP contribution < -0.4 is 5.32 Å². The van der Waals surface area contributed by atoms with Crippen LogP contribution in [-0.4, -0.2) is 56.3 Å². The molecule has 1 aromatic carbocycles. The monoisotopic (exact) mass is 399 g/mol. The van der Waals surface area contributed by atoms with Crippen molar-refractivity contribution < 1.29 is 13.2 Å². The van der Waals surface area contributed by atoms with E-state index in [0.717, 1.165) is 45.2 Å². The highest BCUT2D eigenvalue weighted by Gasteiger charge is 2.28. The molecule has 2 saturated heterocycles. The molecular formula is C18H26ClN3O3S. The summed E-state index contributed by atoms with van der Waals surface area (Å²) in [6, 6.07) is 4.65. The molecule has 2 heterocycles. The van der Waals surface area contributed by atoms with Gasteiger partial charge < -0.3 is 5.32 Å². The zero-order valence-electron chi connectivity index (χ0n) is 14.9. The third-order valence-corrected chi connectivity index (χ3v) is 7.34. The first-order valence-corrected chi connectivity index (χ1v) is 11.1. The Balaban J connectivity index is 1.71. The number of rotatable bonds is 5. The molecule has 0 aliphatic carbocycles. The Hall–Kier alpha value is -1.15. The number of anilines is 1. The number of carbonyl (C=O) groups excluding carboxylic acids is 1. The van der Waals surface area contributed by atoms with Gasteiger partial charge in [-0.1, -0.05) is 24.4 Å². The molecule has 8 heteroatoms. The lowest BCUT2D eigenvalue weighted by Crippen LogP contribution is -2.37. The largest absolute Gasteiger partial charge is 0.325 e. The second-order valence-electron chi connectivity index (χ2n) is 6.99. The number of benzene rings is 1. The van der Waals surface area contributed by atoms with Crippen molar-refractivity contribution in [2.75, 3.05) is 38.0 Å². The molecule has 0 unspecified atom stereocenters. The lowest BCUT2D eigenvalue weighted by molar-refractivity contribution is -0.117. The summed E-state index contributed by atoms with van der Waals surface area (Å²) in [4.78, 5) is 14.5. The molecule has 0 spiro atoms. The van der Waals surface area contributed by atoms with Crippen molar-refractivity contribution in [1.82, 2.24) is 9.21 Å². The molecule has 0 saturated carbocycles. The van der Waals surface area contributed by atoms with E-state index < -0.39 is 10.0 Å². The van der Waals surface area contributed by atoms with E-state index >= 15 is 0 Å². The first-order chi connectivity index (χ1) is 12.5. The van der Waals surface area contributed by atoms with Gasteiger partial charge in [0.05, 0.1) is 11.6 Å². The van der Waals surface area contributed by atoms with Crippen LogP contribution in [0.1, 0.15) is 38.5 Å². The number of hydrogen-bond acceptors (Lipinski definition) is 4. The summed E-state index contributed by atoms with van der Waals surface area (Å²) >= 11 is 6.17. The van der Waals surface area contributed by atoms with Gasteiger partial charge in [-0.2, -0.15) is 4.31 Å². The Labute approximate surface area is 160 Å². The number of likely N-dealkylation sites (tertiary alicyclic amines) is 1. The van der Waals surface area contributed by atoms with Crippen molar-refractivity contribution in [1.29, 1.82) is 0 Å². The fourth-order valence-electron chi connectivity index (χ4n) is 3.54. The van der Waals surface area contributed by atoms with E-state index in [0.29, 0.717) is 25.3 Å². The Morgan fingerprint density at radius 3 is 2.27 bits per heavy atom. The number of carbonyl (C=O) groups is 1. The molecule has 6 nitrogen and oxygen atoms in total. The van der Waals surface area contributed by atoms with Gasteiger partial charge in [-0.3, -0.25) is 9.69 Å². The second kappa shape index (κ2) is 8.69. The number of sulfonamides is 1. The highest BCUT2D eigenvalue weighted by Crippen LogP contribution is 2.29. The number of amides is 1. The van der Waals surface area contributed by atoms with Crippen LogP contribution in [0.25, 0.3) is 0 Å². The molecule has 3 rings (SSSR count). The van der Waals surface area contributed by atoms with Crippen molar-refractivity contribution in [2.45, 2.75) is 43.4 Å². The van der Waals surface area contributed by atoms with Crippen molar-refractivity contribution in [3.63, 3.8) is 0 Å². The lowest BCUT2D eigenvalue weighted by atomic mass is 10.1. The predicted molar refractivity (Wildman–Crippen MR) is 103 cm³/mol. The summed E-state index contributed by atoms with van der Waals surface area (Å²) in [6.45, 7) is 3.23. The summed E-state index contributed by atoms with van der Waals surface area (Å²) in [5.41, 5.74) is 0.465. The fraction of sp³-hybridized carbons (Fsp3) is 0.611. The van der Waals surface area contributed by atoms with Gasteiger partial charge in [0.2, 0.25) is 15.9 Å². The van der Waals surface area contributed by atoms with Crippen molar-refractivity contribution in [2.24, 2.45) is 0 Å². The van der Waals surface area contributed by atoms with E-state index in [1.165, 1.54) is 22.9 Å². The van der Waals surface area contributed by atoms with Crippen LogP contribution in [0, 0.1) is 0 Å². The summed E-state index contributed by atoms with van der Waals surface area (Å²) in [5.74, 6) is -0.129. The van der Waals surface area contributed by atoms with Crippen LogP contribution in [-0.2, 0) is 14.8 Å². The lowest BCUT2D eigenvalue weighted by Gasteiger charge is -2.27. The molecule has 0 radical (unpaired) electrons. The number of nitrogens with zero attached hydrogens (tertiary/aromatic N) is 2. The molecule has 0 atom stereocenters. The van der Waals surface area contributed by atoms with E-state index in [1.54, 1.807) is 6.07 Å². The molecule has 2 aliphatic heterocycles. The SMILES string of the molecule is O=C(CN1CCCCC1)Nc1ccc(Cl)c(S(=O)(=O)N2CCCCC2)c1. The minimum Gasteiger partial charge on any atom is -0.325 e. The van der Waals surface area contributed by atoms with Crippen LogP contribution in [0.4, 0.5) is 5.69 Å². The Bertz CT molecular complexity index is 742. The van der Waals surface area contributed by atoms with E-state index in [1.807, 2.05) is 0 Å². The van der Waals surface area contributed by atoms with Gasteiger partial charge in [0.1, 0.15) is 4.90 Å². The molecule has 2 aliphatic rings. The van der Waals surface area contributed by atoms with Crippen LogP contribution in [0.15, 0.2) is 23.1 Å². The third kappa shape index (κ3) is 4.76. The Morgan fingerprint density at radius 2 is 1.62 bits per heavy atom. The predicted octanol–water partition coefficient (Wildman–Crippen LogP) is 2.94. The third-order valence-electron chi connectivity index (χ3n) is 4.96. The van der Waals surface area contributed by atoms with Gasteiger partial charge in [-0.15, -0.1) is 0 Å². The van der Waals surface area contributed by atoms with E-state index in [-0.39, 0.29) is 15.8 Å². The minimum atomic E-state index is -3.64. The first-order valence-electron chi connectivity index (χ1n) is 9.29. The first kappa shape index (κ1) is 19.6. The van der Waals surface area contributed by atoms with E-state index in [2.05, 4.69) is 10.2 Å². The van der Waals surface area contributed by atoms with Gasteiger partial charge in [0, 0.05) is 18.8 Å². The molecule has 1 aromatic rings. The van der Waals surface area contributed by atoms with Crippen LogP contribution >= 0.6 is 11.6 Å². The highest BCUT2D eigenvalue weighted by molar-refractivity contribution is 7.89. The topological polar surface area (TPSA) is 69.7 Å². The molecule has 0 bridgehead atoms.